The molecule has 4 rings (SSSR count). The highest BCUT2D eigenvalue weighted by atomic mass is 16.5. The van der Waals surface area contributed by atoms with Crippen LogP contribution < -0.4 is 0 Å². The lowest BCUT2D eigenvalue weighted by Gasteiger charge is -2.58. The summed E-state index contributed by atoms with van der Waals surface area (Å²) in [5.41, 5.74) is 1.03. The number of aliphatic hydroxyl groups is 1. The van der Waals surface area contributed by atoms with E-state index >= 15 is 0 Å². The third kappa shape index (κ3) is 4.97. The van der Waals surface area contributed by atoms with Crippen molar-refractivity contribution in [1.82, 2.24) is 0 Å². The molecule has 7 nitrogen and oxygen atoms in total. The molecule has 4 aliphatic rings. The number of allylic oxidation sites excluding steroid dienone is 3. The Morgan fingerprint density at radius 2 is 1.88 bits per heavy atom. The molecule has 7 heteroatoms. The summed E-state index contributed by atoms with van der Waals surface area (Å²) < 4.78 is 16.6. The fraction of sp³-hybridized carbons (Fsp3) is 0.727. The Kier molecular flexibility index (Phi) is 8.23. The normalized spacial score (nSPS) is 36.3. The molecular formula is C33H48O7. The topological polar surface area (TPSA) is 99.1 Å². The second kappa shape index (κ2) is 10.8. The predicted octanol–water partition coefficient (Wildman–Crippen LogP) is 5.86. The van der Waals surface area contributed by atoms with Crippen molar-refractivity contribution in [3.05, 3.63) is 34.9 Å². The zero-order valence-electron chi connectivity index (χ0n) is 25.6. The van der Waals surface area contributed by atoms with Gasteiger partial charge in [0.15, 0.2) is 0 Å². The minimum atomic E-state index is -1.07. The van der Waals surface area contributed by atoms with Crippen molar-refractivity contribution in [3.8, 4) is 0 Å². The van der Waals surface area contributed by atoms with Crippen LogP contribution in [0.4, 0.5) is 0 Å². The first-order valence-electron chi connectivity index (χ1n) is 14.8. The zero-order chi connectivity index (χ0) is 29.7. The number of hydrogen-bond donors (Lipinski definition) is 1. The van der Waals surface area contributed by atoms with Crippen LogP contribution >= 0.6 is 0 Å². The predicted molar refractivity (Wildman–Crippen MR) is 152 cm³/mol. The molecule has 222 valence electrons. The van der Waals surface area contributed by atoms with Crippen molar-refractivity contribution in [2.75, 3.05) is 13.7 Å². The Morgan fingerprint density at radius 1 is 1.18 bits per heavy atom. The number of hydrogen-bond acceptors (Lipinski definition) is 7. The fourth-order valence-electron chi connectivity index (χ4n) is 8.71. The van der Waals surface area contributed by atoms with Gasteiger partial charge in [0.05, 0.1) is 12.7 Å². The second-order valence-electron chi connectivity index (χ2n) is 13.7. The SMILES string of the molecule is COC(=O)CCC1(COC(C)=O)C2=CCC3(C)C(C(C)C4CC=C(C)C(=O)O4)CCC3(C)C2=CCC1C(C)(C)O. The van der Waals surface area contributed by atoms with Gasteiger partial charge in [0.2, 0.25) is 0 Å². The number of esters is 3. The van der Waals surface area contributed by atoms with E-state index in [9.17, 15) is 19.5 Å². The van der Waals surface area contributed by atoms with E-state index in [0.29, 0.717) is 24.3 Å². The zero-order valence-corrected chi connectivity index (χ0v) is 25.6. The second-order valence-corrected chi connectivity index (χ2v) is 13.7. The van der Waals surface area contributed by atoms with E-state index in [0.717, 1.165) is 31.3 Å². The maximum absolute atomic E-state index is 12.4. The first-order valence-corrected chi connectivity index (χ1v) is 14.8. The van der Waals surface area contributed by atoms with E-state index in [2.05, 4.69) is 32.9 Å². The van der Waals surface area contributed by atoms with Crippen LogP contribution in [-0.2, 0) is 28.6 Å². The van der Waals surface area contributed by atoms with Gasteiger partial charge >= 0.3 is 17.9 Å². The van der Waals surface area contributed by atoms with Crippen LogP contribution in [0, 0.1) is 34.0 Å². The standard InChI is InChI=1S/C33H48O7/c1-20-9-11-26(40-29(20)36)21(2)23-13-16-32(7)24-10-12-27(30(4,5)37)33(19-39-22(3)34,18-15-28(35)38-8)25(24)14-17-31(23,32)6/h9-10,14,21,23,26-27,37H,11-13,15-19H2,1-8H3. The quantitative estimate of drug-likeness (QED) is 0.295. The highest BCUT2D eigenvalue weighted by molar-refractivity contribution is 5.88. The lowest BCUT2D eigenvalue weighted by molar-refractivity contribution is -0.150. The molecule has 0 amide bonds. The Balaban J connectivity index is 1.77. The van der Waals surface area contributed by atoms with Crippen LogP contribution in [-0.4, -0.2) is 48.4 Å². The summed E-state index contributed by atoms with van der Waals surface area (Å²) in [5, 5.41) is 11.4. The van der Waals surface area contributed by atoms with Crippen molar-refractivity contribution in [2.24, 2.45) is 34.0 Å². The van der Waals surface area contributed by atoms with Crippen LogP contribution in [0.15, 0.2) is 34.9 Å². The molecule has 1 saturated carbocycles. The highest BCUT2D eigenvalue weighted by Crippen LogP contribution is 2.70. The van der Waals surface area contributed by atoms with Gasteiger partial charge in [-0.1, -0.05) is 39.0 Å². The maximum atomic E-state index is 12.4. The Labute approximate surface area is 239 Å². The highest BCUT2D eigenvalue weighted by Gasteiger charge is 2.63. The molecule has 1 fully saturated rings. The van der Waals surface area contributed by atoms with E-state index in [-0.39, 0.29) is 59.7 Å². The molecule has 0 aromatic carbocycles. The van der Waals surface area contributed by atoms with Crippen molar-refractivity contribution in [1.29, 1.82) is 0 Å². The summed E-state index contributed by atoms with van der Waals surface area (Å²) in [6.45, 7) is 13.9. The van der Waals surface area contributed by atoms with Gasteiger partial charge in [0.1, 0.15) is 12.7 Å². The molecule has 3 aliphatic carbocycles. The monoisotopic (exact) mass is 556 g/mol. The average Bonchev–Trinajstić information content (AvgIpc) is 3.17. The van der Waals surface area contributed by atoms with Crippen molar-refractivity contribution < 1.29 is 33.7 Å². The number of ether oxygens (including phenoxy) is 3. The lowest BCUT2D eigenvalue weighted by atomic mass is 9.47. The van der Waals surface area contributed by atoms with Gasteiger partial charge in [-0.3, -0.25) is 9.59 Å². The van der Waals surface area contributed by atoms with E-state index in [1.807, 2.05) is 13.0 Å². The number of carbonyl (C=O) groups excluding carboxylic acids is 3. The molecule has 0 spiro atoms. The summed E-state index contributed by atoms with van der Waals surface area (Å²) >= 11 is 0. The van der Waals surface area contributed by atoms with Gasteiger partial charge < -0.3 is 19.3 Å². The van der Waals surface area contributed by atoms with Crippen molar-refractivity contribution in [3.63, 3.8) is 0 Å². The Bertz CT molecular complexity index is 1140. The van der Waals surface area contributed by atoms with Crippen LogP contribution in [0.1, 0.15) is 93.4 Å². The Morgan fingerprint density at radius 3 is 2.48 bits per heavy atom. The molecule has 1 aliphatic heterocycles. The van der Waals surface area contributed by atoms with Crippen molar-refractivity contribution >= 4 is 17.9 Å². The van der Waals surface area contributed by atoms with Gasteiger partial charge in [-0.15, -0.1) is 0 Å². The van der Waals surface area contributed by atoms with Gasteiger partial charge in [-0.25, -0.2) is 4.79 Å². The number of carbonyl (C=O) groups is 3. The number of cyclic esters (lactones) is 1. The molecule has 0 aromatic rings. The summed E-state index contributed by atoms with van der Waals surface area (Å²) in [4.78, 5) is 36.9. The smallest absolute Gasteiger partial charge is 0.333 e. The van der Waals surface area contributed by atoms with Crippen LogP contribution in [0.25, 0.3) is 0 Å². The molecule has 0 radical (unpaired) electrons. The molecule has 0 aromatic heterocycles. The van der Waals surface area contributed by atoms with E-state index < -0.39 is 11.0 Å². The minimum Gasteiger partial charge on any atom is -0.469 e. The van der Waals surface area contributed by atoms with Gasteiger partial charge in [0.25, 0.3) is 0 Å². The number of rotatable bonds is 8. The molecule has 7 unspecified atom stereocenters. The summed E-state index contributed by atoms with van der Waals surface area (Å²) in [6, 6.07) is 0. The molecule has 7 atom stereocenters. The third-order valence-electron chi connectivity index (χ3n) is 11.3. The fourth-order valence-corrected chi connectivity index (χ4v) is 8.71. The Hall–Kier alpha value is -2.41. The first-order chi connectivity index (χ1) is 18.6. The van der Waals surface area contributed by atoms with E-state index in [1.54, 1.807) is 13.8 Å². The molecule has 1 heterocycles. The van der Waals surface area contributed by atoms with Crippen molar-refractivity contribution in [2.45, 2.75) is 105 Å². The maximum Gasteiger partial charge on any atom is 0.333 e. The van der Waals surface area contributed by atoms with Crippen LogP contribution in [0.2, 0.25) is 0 Å². The molecular weight excluding hydrogens is 508 g/mol. The number of methoxy groups -OCH3 is 1. The molecule has 0 bridgehead atoms. The summed E-state index contributed by atoms with van der Waals surface area (Å²) in [6.07, 6.45) is 11.3. The van der Waals surface area contributed by atoms with E-state index in [1.165, 1.54) is 19.6 Å². The van der Waals surface area contributed by atoms with Gasteiger partial charge in [0, 0.05) is 36.7 Å². The van der Waals surface area contributed by atoms with Gasteiger partial charge in [-0.05, 0) is 86.7 Å². The first kappa shape index (κ1) is 30.5. The third-order valence-corrected chi connectivity index (χ3v) is 11.3. The van der Waals surface area contributed by atoms with Crippen LogP contribution in [0.3, 0.4) is 0 Å². The lowest BCUT2D eigenvalue weighted by Crippen LogP contribution is -2.54. The van der Waals surface area contributed by atoms with Gasteiger partial charge in [-0.2, -0.15) is 0 Å². The number of fused-ring (bicyclic) bond motifs is 3. The largest absolute Gasteiger partial charge is 0.469 e. The molecule has 1 N–H and O–H groups in total. The van der Waals surface area contributed by atoms with E-state index in [4.69, 9.17) is 14.2 Å². The van der Waals surface area contributed by atoms with Crippen LogP contribution in [0.5, 0.6) is 0 Å². The molecule has 0 saturated heterocycles. The average molecular weight is 557 g/mol. The minimum absolute atomic E-state index is 0.0680. The summed E-state index contributed by atoms with van der Waals surface area (Å²) in [7, 11) is 1.38. The summed E-state index contributed by atoms with van der Waals surface area (Å²) in [5.74, 6) is -0.606. The molecule has 40 heavy (non-hydrogen) atoms.